The van der Waals surface area contributed by atoms with E-state index in [2.05, 4.69) is 30.6 Å². The van der Waals surface area contributed by atoms with Gasteiger partial charge in [0.05, 0.1) is 11.9 Å². The van der Waals surface area contributed by atoms with Crippen LogP contribution in [0.2, 0.25) is 0 Å². The Morgan fingerprint density at radius 1 is 1.13 bits per heavy atom. The number of carbonyl (C=O) groups is 1. The first-order valence-electron chi connectivity index (χ1n) is 7.06. The van der Waals surface area contributed by atoms with E-state index in [9.17, 15) is 4.79 Å². The summed E-state index contributed by atoms with van der Waals surface area (Å²) >= 11 is 0. The molecule has 0 saturated carbocycles. The second-order valence-electron chi connectivity index (χ2n) is 4.75. The molecule has 2 amide bonds. The van der Waals surface area contributed by atoms with Crippen molar-refractivity contribution in [3.05, 3.63) is 36.7 Å². The third kappa shape index (κ3) is 3.31. The van der Waals surface area contributed by atoms with Crippen molar-refractivity contribution in [2.24, 2.45) is 0 Å². The van der Waals surface area contributed by atoms with E-state index >= 15 is 0 Å². The lowest BCUT2D eigenvalue weighted by Gasteiger charge is -2.06. The van der Waals surface area contributed by atoms with Crippen molar-refractivity contribution in [3.63, 3.8) is 0 Å². The van der Waals surface area contributed by atoms with Crippen LogP contribution in [0.1, 0.15) is 6.92 Å². The largest absolute Gasteiger partial charge is 0.384 e. The van der Waals surface area contributed by atoms with Crippen LogP contribution >= 0.6 is 0 Å². The first-order valence-corrected chi connectivity index (χ1v) is 7.06. The molecule has 0 aliphatic heterocycles. The molecule has 3 rings (SSSR count). The van der Waals surface area contributed by atoms with Crippen molar-refractivity contribution in [1.29, 1.82) is 0 Å². The summed E-state index contributed by atoms with van der Waals surface area (Å²) in [5.74, 6) is 0.847. The molecule has 3 aromatic heterocycles. The van der Waals surface area contributed by atoms with E-state index in [-0.39, 0.29) is 6.03 Å². The van der Waals surface area contributed by atoms with E-state index in [1.807, 2.05) is 13.0 Å². The van der Waals surface area contributed by atoms with Gasteiger partial charge in [-0.05, 0) is 31.2 Å². The monoisotopic (exact) mass is 309 g/mol. The highest BCUT2D eigenvalue weighted by Crippen LogP contribution is 2.19. The summed E-state index contributed by atoms with van der Waals surface area (Å²) in [5, 5.41) is 5.28. The molecule has 0 aliphatic rings. The molecule has 23 heavy (non-hydrogen) atoms. The summed E-state index contributed by atoms with van der Waals surface area (Å²) in [6.07, 6.45) is 3.27. The van der Waals surface area contributed by atoms with Crippen molar-refractivity contribution in [2.75, 3.05) is 17.6 Å². The second-order valence-corrected chi connectivity index (χ2v) is 4.75. The highest BCUT2D eigenvalue weighted by Gasteiger charge is 2.07. The van der Waals surface area contributed by atoms with Gasteiger partial charge >= 0.3 is 6.03 Å². The van der Waals surface area contributed by atoms with Crippen LogP contribution in [0.3, 0.4) is 0 Å². The molecule has 0 radical (unpaired) electrons. The van der Waals surface area contributed by atoms with Crippen LogP contribution in [-0.2, 0) is 0 Å². The molecule has 3 heterocycles. The third-order valence-corrected chi connectivity index (χ3v) is 3.07. The minimum atomic E-state index is -0.314. The van der Waals surface area contributed by atoms with E-state index in [0.29, 0.717) is 35.0 Å². The maximum atomic E-state index is 11.6. The molecule has 0 bridgehead atoms. The number of anilines is 2. The smallest absolute Gasteiger partial charge is 0.320 e. The van der Waals surface area contributed by atoms with E-state index in [4.69, 9.17) is 5.73 Å². The van der Waals surface area contributed by atoms with Gasteiger partial charge in [-0.2, -0.15) is 0 Å². The fraction of sp³-hybridized carbons (Fsp3) is 0.133. The van der Waals surface area contributed by atoms with E-state index in [1.165, 1.54) is 0 Å². The predicted octanol–water partition coefficient (Wildman–Crippen LogP) is 1.81. The quantitative estimate of drug-likeness (QED) is 0.679. The van der Waals surface area contributed by atoms with E-state index in [0.717, 1.165) is 5.56 Å². The first kappa shape index (κ1) is 14.6. The van der Waals surface area contributed by atoms with Crippen LogP contribution in [0, 0.1) is 0 Å². The number of carbonyl (C=O) groups excluding carboxylic acids is 1. The second kappa shape index (κ2) is 6.22. The molecule has 0 unspecified atom stereocenters. The van der Waals surface area contributed by atoms with Gasteiger partial charge in [-0.3, -0.25) is 10.3 Å². The Labute approximate surface area is 132 Å². The number of fused-ring (bicyclic) bond motifs is 1. The number of pyridine rings is 2. The lowest BCUT2D eigenvalue weighted by atomic mass is 10.2. The minimum Gasteiger partial charge on any atom is -0.384 e. The standard InChI is InChI=1S/C15H15N7O/c1-2-17-15(23)22-13-6-4-10-14(21-13)20-11(8-18-10)9-3-5-12(16)19-7-9/h3-8H,2H2,1H3,(H2,16,19)(H2,17,20,21,22,23). The fourth-order valence-electron chi connectivity index (χ4n) is 1.98. The molecule has 0 aromatic carbocycles. The molecule has 0 fully saturated rings. The van der Waals surface area contributed by atoms with Crippen LogP contribution in [-0.4, -0.2) is 32.5 Å². The number of nitrogens with two attached hydrogens (primary N) is 1. The normalized spacial score (nSPS) is 10.5. The minimum absolute atomic E-state index is 0.314. The number of hydrogen-bond acceptors (Lipinski definition) is 6. The number of aromatic nitrogens is 4. The lowest BCUT2D eigenvalue weighted by Crippen LogP contribution is -2.28. The molecule has 116 valence electrons. The number of urea groups is 1. The summed E-state index contributed by atoms with van der Waals surface area (Å²) in [6, 6.07) is 6.63. The van der Waals surface area contributed by atoms with Gasteiger partial charge in [0.15, 0.2) is 5.65 Å². The van der Waals surface area contributed by atoms with Crippen molar-refractivity contribution >= 4 is 28.8 Å². The van der Waals surface area contributed by atoms with Gasteiger partial charge in [0.2, 0.25) is 0 Å². The molecule has 3 aromatic rings. The number of nitrogens with zero attached hydrogens (tertiary/aromatic N) is 4. The number of nitrogen functional groups attached to an aromatic ring is 1. The average molecular weight is 309 g/mol. The number of rotatable bonds is 3. The van der Waals surface area contributed by atoms with Crippen LogP contribution in [0.25, 0.3) is 22.4 Å². The Balaban J connectivity index is 1.94. The predicted molar refractivity (Wildman–Crippen MR) is 87.7 cm³/mol. The van der Waals surface area contributed by atoms with E-state index in [1.54, 1.807) is 30.6 Å². The van der Waals surface area contributed by atoms with Gasteiger partial charge in [0, 0.05) is 18.3 Å². The average Bonchev–Trinajstić information content (AvgIpc) is 2.55. The molecule has 0 aliphatic carbocycles. The Hall–Kier alpha value is -3.29. The van der Waals surface area contributed by atoms with Gasteiger partial charge < -0.3 is 11.1 Å². The van der Waals surface area contributed by atoms with Crippen molar-refractivity contribution in [1.82, 2.24) is 25.3 Å². The van der Waals surface area contributed by atoms with Crippen molar-refractivity contribution in [3.8, 4) is 11.3 Å². The molecule has 0 atom stereocenters. The molecular weight excluding hydrogens is 294 g/mol. The van der Waals surface area contributed by atoms with E-state index < -0.39 is 0 Å². The SMILES string of the molecule is CCNC(=O)Nc1ccc2ncc(-c3ccc(N)nc3)nc2n1. The summed E-state index contributed by atoms with van der Waals surface area (Å²) in [6.45, 7) is 2.37. The van der Waals surface area contributed by atoms with Gasteiger partial charge in [-0.1, -0.05) is 0 Å². The Morgan fingerprint density at radius 3 is 2.74 bits per heavy atom. The van der Waals surface area contributed by atoms with Crippen LogP contribution in [0.15, 0.2) is 36.7 Å². The first-order chi connectivity index (χ1) is 11.2. The number of nitrogens with one attached hydrogen (secondary N) is 2. The summed E-state index contributed by atoms with van der Waals surface area (Å²) in [4.78, 5) is 28.7. The zero-order valence-electron chi connectivity index (χ0n) is 12.4. The van der Waals surface area contributed by atoms with Crippen LogP contribution in [0.4, 0.5) is 16.4 Å². The highest BCUT2D eigenvalue weighted by atomic mass is 16.2. The molecular formula is C15H15N7O. The van der Waals surface area contributed by atoms with Crippen molar-refractivity contribution in [2.45, 2.75) is 6.92 Å². The van der Waals surface area contributed by atoms with Crippen molar-refractivity contribution < 1.29 is 4.79 Å². The molecule has 8 heteroatoms. The molecule has 0 saturated heterocycles. The molecule has 8 nitrogen and oxygen atoms in total. The Bertz CT molecular complexity index is 848. The lowest BCUT2D eigenvalue weighted by molar-refractivity contribution is 0.252. The fourth-order valence-corrected chi connectivity index (χ4v) is 1.98. The maximum Gasteiger partial charge on any atom is 0.320 e. The third-order valence-electron chi connectivity index (χ3n) is 3.07. The Kier molecular flexibility index (Phi) is 3.96. The topological polar surface area (TPSA) is 119 Å². The zero-order valence-corrected chi connectivity index (χ0v) is 12.4. The maximum absolute atomic E-state index is 11.6. The number of amides is 2. The van der Waals surface area contributed by atoms with Gasteiger partial charge in [0.1, 0.15) is 17.2 Å². The number of hydrogen-bond donors (Lipinski definition) is 3. The van der Waals surface area contributed by atoms with Crippen LogP contribution < -0.4 is 16.4 Å². The van der Waals surface area contributed by atoms with Gasteiger partial charge in [-0.25, -0.2) is 19.7 Å². The van der Waals surface area contributed by atoms with Crippen LogP contribution in [0.5, 0.6) is 0 Å². The highest BCUT2D eigenvalue weighted by molar-refractivity contribution is 5.89. The van der Waals surface area contributed by atoms with Gasteiger partial charge in [-0.15, -0.1) is 0 Å². The summed E-state index contributed by atoms with van der Waals surface area (Å²) < 4.78 is 0. The zero-order chi connectivity index (χ0) is 16.2. The molecule has 4 N–H and O–H groups in total. The summed E-state index contributed by atoms with van der Waals surface area (Å²) in [5.41, 5.74) is 8.08. The van der Waals surface area contributed by atoms with Gasteiger partial charge in [0.25, 0.3) is 0 Å². The Morgan fingerprint density at radius 2 is 2.00 bits per heavy atom. The summed E-state index contributed by atoms with van der Waals surface area (Å²) in [7, 11) is 0. The molecule has 0 spiro atoms.